The van der Waals surface area contributed by atoms with Crippen LogP contribution in [0.4, 0.5) is 34.1 Å². The molecule has 5 nitrogen and oxygen atoms in total. The summed E-state index contributed by atoms with van der Waals surface area (Å²) in [4.78, 5) is 14.8. The number of para-hydroxylation sites is 6. The minimum Gasteiger partial charge on any atom is -0.779 e. The summed E-state index contributed by atoms with van der Waals surface area (Å²) in [7, 11) is 0. The van der Waals surface area contributed by atoms with Gasteiger partial charge in [-0.15, -0.1) is 22.7 Å². The van der Waals surface area contributed by atoms with Crippen LogP contribution in [0.5, 0.6) is 5.75 Å². The first-order chi connectivity index (χ1) is 28.6. The van der Waals surface area contributed by atoms with Crippen molar-refractivity contribution in [3.8, 4) is 26.9 Å². The molecule has 8 aromatic carbocycles. The number of aromatic hydroxyl groups is 1. The first kappa shape index (κ1) is 39.6. The summed E-state index contributed by atoms with van der Waals surface area (Å²) in [5.41, 5.74) is 10.0. The monoisotopic (exact) mass is 867 g/mol. The van der Waals surface area contributed by atoms with E-state index in [1.807, 2.05) is 103 Å². The average molecular weight is 869 g/mol. The van der Waals surface area contributed by atoms with E-state index in [0.29, 0.717) is 0 Å². The molecule has 0 aliphatic carbocycles. The van der Waals surface area contributed by atoms with Gasteiger partial charge in [-0.2, -0.15) is 4.90 Å². The third-order valence-electron chi connectivity index (χ3n) is 9.57. The zero-order valence-corrected chi connectivity index (χ0v) is 37.2. The van der Waals surface area contributed by atoms with Crippen LogP contribution in [-0.4, -0.2) is 15.1 Å². The molecule has 0 bridgehead atoms. The Morgan fingerprint density at radius 2 is 0.746 bits per heavy atom. The standard InChI is InChI=1S/C25H18N2OS.C25H18N2S2.Zn/c2*28-23-16-15-20(17-21(23)25-26-22-13-7-8-14-24(22)29-25)27(18-9-3-1-4-10-18)19-11-5-2-6-12-19;/h2*1-17,28H;/p-1. The summed E-state index contributed by atoms with van der Waals surface area (Å²) in [5, 5.41) is 12.4. The van der Waals surface area contributed by atoms with Crippen molar-refractivity contribution in [2.75, 3.05) is 9.80 Å². The van der Waals surface area contributed by atoms with Crippen LogP contribution in [0.3, 0.4) is 0 Å². The summed E-state index contributed by atoms with van der Waals surface area (Å²) >= 11 is 8.93. The predicted molar refractivity (Wildman–Crippen MR) is 247 cm³/mol. The fourth-order valence-electron chi connectivity index (χ4n) is 6.84. The van der Waals surface area contributed by atoms with Crippen LogP contribution in [-0.2, 0) is 32.1 Å². The number of benzene rings is 8. The Morgan fingerprint density at radius 3 is 1.17 bits per heavy atom. The average Bonchev–Trinajstić information content (AvgIpc) is 3.92. The molecule has 1 N–H and O–H groups in total. The fraction of sp³-hybridized carbons (Fsp3) is 0. The number of phenolic OH excluding ortho intramolecular Hbond substituents is 1. The number of rotatable bonds is 8. The molecule has 2 heterocycles. The van der Waals surface area contributed by atoms with E-state index in [0.717, 1.165) is 75.9 Å². The summed E-state index contributed by atoms with van der Waals surface area (Å²) in [6, 6.07) is 69.4. The van der Waals surface area contributed by atoms with Crippen molar-refractivity contribution in [1.82, 2.24) is 9.97 Å². The van der Waals surface area contributed by atoms with Gasteiger partial charge in [0, 0.05) is 53.6 Å². The molecule has 0 amide bonds. The Kier molecular flexibility index (Phi) is 12.2. The van der Waals surface area contributed by atoms with Gasteiger partial charge in [0.05, 0.1) is 26.0 Å². The number of aromatic nitrogens is 2. The summed E-state index contributed by atoms with van der Waals surface area (Å²) < 4.78 is 2.28. The summed E-state index contributed by atoms with van der Waals surface area (Å²) in [6.07, 6.45) is 0. The Morgan fingerprint density at radius 1 is 0.390 bits per heavy atom. The quantitative estimate of drug-likeness (QED) is 0.121. The Labute approximate surface area is 369 Å². The molecule has 2 aromatic heterocycles. The minimum absolute atomic E-state index is 0. The number of thiazole rings is 2. The van der Waals surface area contributed by atoms with Crippen molar-refractivity contribution in [2.24, 2.45) is 0 Å². The van der Waals surface area contributed by atoms with Crippen LogP contribution in [0.2, 0.25) is 0 Å². The van der Waals surface area contributed by atoms with E-state index in [2.05, 4.69) is 107 Å². The van der Waals surface area contributed by atoms with Gasteiger partial charge in [0.25, 0.3) is 0 Å². The van der Waals surface area contributed by atoms with Crippen LogP contribution in [0.25, 0.3) is 41.6 Å². The number of hydrogen-bond acceptors (Lipinski definition) is 8. The fourth-order valence-corrected chi connectivity index (χ4v) is 9.11. The third kappa shape index (κ3) is 8.65. The molecule has 282 valence electrons. The molecule has 0 saturated carbocycles. The maximum absolute atomic E-state index is 10.6. The maximum Gasteiger partial charge on any atom is 0.128 e. The van der Waals surface area contributed by atoms with E-state index in [9.17, 15) is 5.11 Å². The van der Waals surface area contributed by atoms with Gasteiger partial charge in [0.2, 0.25) is 0 Å². The molecule has 59 heavy (non-hydrogen) atoms. The Balaban J connectivity index is 0.000000161. The van der Waals surface area contributed by atoms with Gasteiger partial charge in [-0.3, -0.25) is 0 Å². The molecule has 0 atom stereocenters. The first-order valence-electron chi connectivity index (χ1n) is 18.8. The smallest absolute Gasteiger partial charge is 0.128 e. The van der Waals surface area contributed by atoms with E-state index in [1.54, 1.807) is 28.7 Å². The van der Waals surface area contributed by atoms with Gasteiger partial charge >= 0.3 is 0 Å². The SMILES string of the molecule is Oc1ccc(N(c2ccccc2)c2ccccc2)cc1-c1nc2ccccc2s1.[S-]c1ccc(N(c2ccccc2)c2ccccc2)cc1-c1nc2ccccc2s1.[Zn]. The van der Waals surface area contributed by atoms with E-state index in [1.165, 1.54) is 4.70 Å². The first-order valence-corrected chi connectivity index (χ1v) is 20.8. The number of fused-ring (bicyclic) bond motifs is 2. The van der Waals surface area contributed by atoms with Crippen molar-refractivity contribution in [2.45, 2.75) is 4.90 Å². The van der Waals surface area contributed by atoms with Gasteiger partial charge < -0.3 is 27.5 Å². The molecule has 0 fully saturated rings. The molecule has 0 unspecified atom stereocenters. The molecular weight excluding hydrogens is 834 g/mol. The molecule has 0 radical (unpaired) electrons. The predicted octanol–water partition coefficient (Wildman–Crippen LogP) is 14.5. The maximum atomic E-state index is 10.6. The second-order valence-corrected chi connectivity index (χ2v) is 15.9. The van der Waals surface area contributed by atoms with Crippen molar-refractivity contribution in [1.29, 1.82) is 0 Å². The van der Waals surface area contributed by atoms with Crippen LogP contribution >= 0.6 is 22.7 Å². The zero-order chi connectivity index (χ0) is 39.3. The van der Waals surface area contributed by atoms with E-state index in [4.69, 9.17) is 22.6 Å². The molecule has 0 saturated heterocycles. The van der Waals surface area contributed by atoms with E-state index < -0.39 is 0 Å². The summed E-state index contributed by atoms with van der Waals surface area (Å²) in [5.74, 6) is 0.230. The van der Waals surface area contributed by atoms with Gasteiger partial charge in [0.1, 0.15) is 15.8 Å². The number of anilines is 6. The van der Waals surface area contributed by atoms with Gasteiger partial charge in [-0.1, -0.05) is 103 Å². The van der Waals surface area contributed by atoms with E-state index >= 15 is 0 Å². The molecule has 10 rings (SSSR count). The van der Waals surface area contributed by atoms with Gasteiger partial charge in [-0.05, 0) is 109 Å². The summed E-state index contributed by atoms with van der Waals surface area (Å²) in [6.45, 7) is 0. The van der Waals surface area contributed by atoms with Crippen molar-refractivity contribution in [3.05, 3.63) is 206 Å². The van der Waals surface area contributed by atoms with Gasteiger partial charge in [0.15, 0.2) is 0 Å². The van der Waals surface area contributed by atoms with Crippen molar-refractivity contribution in [3.63, 3.8) is 0 Å². The third-order valence-corrected chi connectivity index (χ3v) is 12.1. The molecule has 9 heteroatoms. The van der Waals surface area contributed by atoms with Crippen LogP contribution in [0.15, 0.2) is 211 Å². The van der Waals surface area contributed by atoms with E-state index in [-0.39, 0.29) is 25.2 Å². The van der Waals surface area contributed by atoms with Crippen LogP contribution in [0.1, 0.15) is 0 Å². The Hall–Kier alpha value is -6.22. The normalized spacial score (nSPS) is 10.7. The Bertz CT molecular complexity index is 2600. The molecule has 0 aliphatic heterocycles. The number of hydrogen-bond donors (Lipinski definition) is 1. The largest absolute Gasteiger partial charge is 0.779 e. The molecule has 10 aromatic rings. The number of nitrogens with zero attached hydrogens (tertiary/aromatic N) is 4. The molecule has 0 aliphatic rings. The molecule has 0 spiro atoms. The van der Waals surface area contributed by atoms with Crippen LogP contribution in [0, 0.1) is 0 Å². The van der Waals surface area contributed by atoms with Crippen molar-refractivity contribution >= 4 is 89.9 Å². The van der Waals surface area contributed by atoms with Crippen LogP contribution < -0.4 is 9.80 Å². The minimum atomic E-state index is 0. The number of phenols is 1. The zero-order valence-electron chi connectivity index (χ0n) is 31.8. The second kappa shape index (κ2) is 18.1. The second-order valence-electron chi connectivity index (χ2n) is 13.4. The topological polar surface area (TPSA) is 52.5 Å². The molecular formula is C50H35N4OS3Zn-. The van der Waals surface area contributed by atoms with Gasteiger partial charge in [-0.25, -0.2) is 9.97 Å². The van der Waals surface area contributed by atoms with Crippen molar-refractivity contribution < 1.29 is 24.6 Å².